The first-order valence-electron chi connectivity index (χ1n) is 7.88. The van der Waals surface area contributed by atoms with Crippen molar-refractivity contribution in [3.8, 4) is 5.75 Å². The zero-order valence-corrected chi connectivity index (χ0v) is 15.3. The van der Waals surface area contributed by atoms with E-state index in [1.165, 1.54) is 24.3 Å². The fourth-order valence-electron chi connectivity index (χ4n) is 2.08. The standard InChI is InChI=1S/C18H22N2O4S/c1-13(2)20-25(22,23)17-10-8-16(9-11-17)24-12-18(21)19-15-6-4-14(3)5-7-15/h4-11,13,20H,12H2,1-3H3,(H,19,21). The predicted octanol–water partition coefficient (Wildman–Crippen LogP) is 2.70. The van der Waals surface area contributed by atoms with Gasteiger partial charge in [-0.15, -0.1) is 0 Å². The SMILES string of the molecule is Cc1ccc(NC(=O)COc2ccc(S(=O)(=O)NC(C)C)cc2)cc1. The summed E-state index contributed by atoms with van der Waals surface area (Å²) in [7, 11) is -3.54. The normalized spacial score (nSPS) is 11.4. The van der Waals surface area contributed by atoms with Gasteiger partial charge in [-0.05, 0) is 57.2 Å². The molecule has 0 fully saturated rings. The van der Waals surface area contributed by atoms with Gasteiger partial charge in [0, 0.05) is 11.7 Å². The highest BCUT2D eigenvalue weighted by Gasteiger charge is 2.15. The number of carbonyl (C=O) groups excluding carboxylic acids is 1. The van der Waals surface area contributed by atoms with Gasteiger partial charge in [0.25, 0.3) is 5.91 Å². The highest BCUT2D eigenvalue weighted by molar-refractivity contribution is 7.89. The number of benzene rings is 2. The van der Waals surface area contributed by atoms with Crippen molar-refractivity contribution in [2.45, 2.75) is 31.7 Å². The third-order valence-corrected chi connectivity index (χ3v) is 4.90. The van der Waals surface area contributed by atoms with E-state index in [1.807, 2.05) is 31.2 Å². The molecule has 0 atom stereocenters. The molecular formula is C18H22N2O4S. The fourth-order valence-corrected chi connectivity index (χ4v) is 3.33. The molecule has 2 aromatic rings. The van der Waals surface area contributed by atoms with Crippen LogP contribution >= 0.6 is 0 Å². The number of ether oxygens (including phenoxy) is 1. The van der Waals surface area contributed by atoms with E-state index < -0.39 is 10.0 Å². The van der Waals surface area contributed by atoms with Gasteiger partial charge in [0.05, 0.1) is 4.90 Å². The average molecular weight is 362 g/mol. The largest absolute Gasteiger partial charge is 0.484 e. The molecule has 1 amide bonds. The Kier molecular flexibility index (Phi) is 6.17. The number of aryl methyl sites for hydroxylation is 1. The Hall–Kier alpha value is -2.38. The number of amides is 1. The van der Waals surface area contributed by atoms with Crippen molar-refractivity contribution in [1.29, 1.82) is 0 Å². The van der Waals surface area contributed by atoms with E-state index in [0.717, 1.165) is 5.56 Å². The van der Waals surface area contributed by atoms with Crippen LogP contribution in [0.5, 0.6) is 5.75 Å². The lowest BCUT2D eigenvalue weighted by molar-refractivity contribution is -0.118. The monoisotopic (exact) mass is 362 g/mol. The minimum Gasteiger partial charge on any atom is -0.484 e. The number of nitrogens with one attached hydrogen (secondary N) is 2. The van der Waals surface area contributed by atoms with Gasteiger partial charge < -0.3 is 10.1 Å². The Morgan fingerprint density at radius 3 is 2.20 bits per heavy atom. The molecule has 0 aliphatic carbocycles. The predicted molar refractivity (Wildman–Crippen MR) is 97.2 cm³/mol. The molecule has 0 spiro atoms. The molecule has 7 heteroatoms. The second-order valence-corrected chi connectivity index (χ2v) is 7.66. The van der Waals surface area contributed by atoms with Crippen LogP contribution in [-0.2, 0) is 14.8 Å². The summed E-state index contributed by atoms with van der Waals surface area (Å²) in [6.07, 6.45) is 0. The van der Waals surface area contributed by atoms with Crippen molar-refractivity contribution in [3.05, 3.63) is 54.1 Å². The van der Waals surface area contributed by atoms with Crippen LogP contribution in [0, 0.1) is 6.92 Å². The molecule has 0 aromatic heterocycles. The summed E-state index contributed by atoms with van der Waals surface area (Å²) in [6, 6.07) is 13.2. The van der Waals surface area contributed by atoms with E-state index in [9.17, 15) is 13.2 Å². The van der Waals surface area contributed by atoms with Gasteiger partial charge in [-0.25, -0.2) is 13.1 Å². The second-order valence-electron chi connectivity index (χ2n) is 5.95. The summed E-state index contributed by atoms with van der Waals surface area (Å²) in [5, 5.41) is 2.73. The lowest BCUT2D eigenvalue weighted by atomic mass is 10.2. The molecule has 134 valence electrons. The first-order chi connectivity index (χ1) is 11.8. The van der Waals surface area contributed by atoms with Crippen LogP contribution in [-0.4, -0.2) is 27.0 Å². The Morgan fingerprint density at radius 1 is 1.04 bits per heavy atom. The summed E-state index contributed by atoms with van der Waals surface area (Å²) in [6.45, 7) is 5.31. The van der Waals surface area contributed by atoms with E-state index in [0.29, 0.717) is 11.4 Å². The van der Waals surface area contributed by atoms with Crippen molar-refractivity contribution in [2.24, 2.45) is 0 Å². The first kappa shape index (κ1) is 19.0. The number of rotatable bonds is 7. The van der Waals surface area contributed by atoms with Gasteiger partial charge in [-0.1, -0.05) is 17.7 Å². The smallest absolute Gasteiger partial charge is 0.262 e. The highest BCUT2D eigenvalue weighted by atomic mass is 32.2. The van der Waals surface area contributed by atoms with Gasteiger partial charge in [0.15, 0.2) is 6.61 Å². The third kappa shape index (κ3) is 5.88. The fraction of sp³-hybridized carbons (Fsp3) is 0.278. The molecule has 6 nitrogen and oxygen atoms in total. The molecule has 0 aliphatic heterocycles. The number of hydrogen-bond acceptors (Lipinski definition) is 4. The zero-order valence-electron chi connectivity index (χ0n) is 14.4. The van der Waals surface area contributed by atoms with Crippen LogP contribution < -0.4 is 14.8 Å². The molecule has 0 aliphatic rings. The Morgan fingerprint density at radius 2 is 1.64 bits per heavy atom. The molecular weight excluding hydrogens is 340 g/mol. The van der Waals surface area contributed by atoms with Crippen LogP contribution in [0.1, 0.15) is 19.4 Å². The summed E-state index contributed by atoms with van der Waals surface area (Å²) in [5.74, 6) is 0.129. The van der Waals surface area contributed by atoms with Crippen molar-refractivity contribution in [1.82, 2.24) is 4.72 Å². The number of sulfonamides is 1. The van der Waals surface area contributed by atoms with Gasteiger partial charge in [-0.2, -0.15) is 0 Å². The Balaban J connectivity index is 1.91. The highest BCUT2D eigenvalue weighted by Crippen LogP contribution is 2.16. The molecule has 2 aromatic carbocycles. The number of carbonyl (C=O) groups is 1. The average Bonchev–Trinajstić information content (AvgIpc) is 2.54. The van der Waals surface area contributed by atoms with E-state index in [2.05, 4.69) is 10.0 Å². The topological polar surface area (TPSA) is 84.5 Å². The summed E-state index contributed by atoms with van der Waals surface area (Å²) in [4.78, 5) is 12.0. The van der Waals surface area contributed by atoms with Crippen molar-refractivity contribution in [2.75, 3.05) is 11.9 Å². The number of hydrogen-bond donors (Lipinski definition) is 2. The van der Waals surface area contributed by atoms with Gasteiger partial charge in [0.1, 0.15) is 5.75 Å². The Bertz CT molecular complexity index is 813. The molecule has 0 unspecified atom stereocenters. The minimum atomic E-state index is -3.54. The molecule has 2 rings (SSSR count). The van der Waals surface area contributed by atoms with Crippen LogP contribution in [0.2, 0.25) is 0 Å². The maximum absolute atomic E-state index is 12.0. The molecule has 0 saturated heterocycles. The summed E-state index contributed by atoms with van der Waals surface area (Å²) < 4.78 is 32.0. The zero-order chi connectivity index (χ0) is 18.4. The van der Waals surface area contributed by atoms with Crippen molar-refractivity contribution < 1.29 is 17.9 Å². The van der Waals surface area contributed by atoms with Crippen LogP contribution in [0.4, 0.5) is 5.69 Å². The summed E-state index contributed by atoms with van der Waals surface area (Å²) in [5.41, 5.74) is 1.80. The van der Waals surface area contributed by atoms with E-state index in [-0.39, 0.29) is 23.5 Å². The molecule has 0 heterocycles. The second kappa shape index (κ2) is 8.13. The van der Waals surface area contributed by atoms with E-state index >= 15 is 0 Å². The van der Waals surface area contributed by atoms with Crippen LogP contribution in [0.25, 0.3) is 0 Å². The molecule has 25 heavy (non-hydrogen) atoms. The molecule has 2 N–H and O–H groups in total. The maximum atomic E-state index is 12.0. The van der Waals surface area contributed by atoms with Crippen molar-refractivity contribution >= 4 is 21.6 Å². The molecule has 0 radical (unpaired) electrons. The quantitative estimate of drug-likeness (QED) is 0.793. The van der Waals surface area contributed by atoms with Crippen LogP contribution in [0.3, 0.4) is 0 Å². The van der Waals surface area contributed by atoms with E-state index in [4.69, 9.17) is 4.74 Å². The number of anilines is 1. The van der Waals surface area contributed by atoms with Gasteiger partial charge in [0.2, 0.25) is 10.0 Å². The van der Waals surface area contributed by atoms with Crippen LogP contribution in [0.15, 0.2) is 53.4 Å². The van der Waals surface area contributed by atoms with E-state index in [1.54, 1.807) is 13.8 Å². The maximum Gasteiger partial charge on any atom is 0.262 e. The lowest BCUT2D eigenvalue weighted by Gasteiger charge is -2.11. The minimum absolute atomic E-state index is 0.151. The summed E-state index contributed by atoms with van der Waals surface area (Å²) >= 11 is 0. The Labute approximate surface area is 148 Å². The van der Waals surface area contributed by atoms with Gasteiger partial charge in [-0.3, -0.25) is 4.79 Å². The van der Waals surface area contributed by atoms with Crippen molar-refractivity contribution in [3.63, 3.8) is 0 Å². The van der Waals surface area contributed by atoms with Gasteiger partial charge >= 0.3 is 0 Å². The lowest BCUT2D eigenvalue weighted by Crippen LogP contribution is -2.30. The molecule has 0 bridgehead atoms. The molecule has 0 saturated carbocycles. The first-order valence-corrected chi connectivity index (χ1v) is 9.36. The third-order valence-electron chi connectivity index (χ3n) is 3.23.